The fourth-order valence-corrected chi connectivity index (χ4v) is 3.06. The van der Waals surface area contributed by atoms with Crippen molar-refractivity contribution in [3.05, 3.63) is 12.4 Å². The summed E-state index contributed by atoms with van der Waals surface area (Å²) in [5.41, 5.74) is -0.613. The molecule has 0 amide bonds. The van der Waals surface area contributed by atoms with Crippen molar-refractivity contribution in [2.45, 2.75) is 50.1 Å². The van der Waals surface area contributed by atoms with E-state index in [1.807, 2.05) is 40.2 Å². The van der Waals surface area contributed by atoms with E-state index in [-0.39, 0.29) is 12.0 Å². The Morgan fingerprint density at radius 1 is 1.60 bits per heavy atom. The average molecular weight is 299 g/mol. The van der Waals surface area contributed by atoms with E-state index in [1.54, 1.807) is 16.4 Å². The molecular formula is C14H25N3O2S. The number of nitrogens with zero attached hydrogens (tertiary/aromatic N) is 2. The minimum atomic E-state index is -0.613. The Morgan fingerprint density at radius 3 is 2.80 bits per heavy atom. The lowest BCUT2D eigenvalue weighted by Gasteiger charge is -2.30. The second kappa shape index (κ2) is 7.69. The smallest absolute Gasteiger partial charge is 0.325 e. The molecule has 0 aliphatic heterocycles. The summed E-state index contributed by atoms with van der Waals surface area (Å²) >= 11 is 1.76. The Bertz CT molecular complexity index is 434. The summed E-state index contributed by atoms with van der Waals surface area (Å²) < 4.78 is 6.71. The van der Waals surface area contributed by atoms with Crippen LogP contribution in [0.15, 0.2) is 17.3 Å². The first-order valence-electron chi connectivity index (χ1n) is 6.85. The van der Waals surface area contributed by atoms with Crippen molar-refractivity contribution in [3.63, 3.8) is 0 Å². The fourth-order valence-electron chi connectivity index (χ4n) is 2.18. The van der Waals surface area contributed by atoms with Crippen molar-refractivity contribution in [3.8, 4) is 0 Å². The summed E-state index contributed by atoms with van der Waals surface area (Å²) in [4.78, 5) is 13.1. The zero-order chi connectivity index (χ0) is 15.2. The van der Waals surface area contributed by atoms with Gasteiger partial charge in [-0.15, -0.1) is 11.8 Å². The van der Waals surface area contributed by atoms with Crippen LogP contribution in [0.3, 0.4) is 0 Å². The lowest BCUT2D eigenvalue weighted by atomic mass is 9.95. The maximum Gasteiger partial charge on any atom is 0.325 e. The third-order valence-corrected chi connectivity index (χ3v) is 4.05. The van der Waals surface area contributed by atoms with E-state index in [1.165, 1.54) is 7.11 Å². The SMILES string of the molecule is COC(=O)C(C)(CCCSc1cnn(C)c1)NC(C)C. The average Bonchev–Trinajstić information content (AvgIpc) is 2.78. The molecule has 1 rings (SSSR count). The van der Waals surface area contributed by atoms with E-state index in [4.69, 9.17) is 4.74 Å². The number of carbonyl (C=O) groups excluding carboxylic acids is 1. The highest BCUT2D eigenvalue weighted by Gasteiger charge is 2.33. The maximum atomic E-state index is 11.9. The molecule has 1 heterocycles. The van der Waals surface area contributed by atoms with Gasteiger partial charge >= 0.3 is 5.97 Å². The quantitative estimate of drug-likeness (QED) is 0.453. The minimum absolute atomic E-state index is 0.197. The number of hydrogen-bond acceptors (Lipinski definition) is 5. The van der Waals surface area contributed by atoms with Crippen LogP contribution >= 0.6 is 11.8 Å². The van der Waals surface area contributed by atoms with Crippen molar-refractivity contribution in [2.75, 3.05) is 12.9 Å². The van der Waals surface area contributed by atoms with E-state index in [2.05, 4.69) is 10.4 Å². The van der Waals surface area contributed by atoms with Gasteiger partial charge in [0.1, 0.15) is 5.54 Å². The lowest BCUT2D eigenvalue weighted by molar-refractivity contribution is -0.148. The number of esters is 1. The van der Waals surface area contributed by atoms with Gasteiger partial charge in [-0.2, -0.15) is 5.10 Å². The van der Waals surface area contributed by atoms with Crippen LogP contribution in [0.2, 0.25) is 0 Å². The van der Waals surface area contributed by atoms with Gasteiger partial charge in [0.15, 0.2) is 0 Å². The molecule has 1 atom stereocenters. The van der Waals surface area contributed by atoms with Crippen molar-refractivity contribution < 1.29 is 9.53 Å². The molecule has 0 bridgehead atoms. The van der Waals surface area contributed by atoms with Crippen molar-refractivity contribution >= 4 is 17.7 Å². The summed E-state index contributed by atoms with van der Waals surface area (Å²) in [5.74, 6) is 0.760. The van der Waals surface area contributed by atoms with Crippen molar-refractivity contribution in [1.29, 1.82) is 0 Å². The topological polar surface area (TPSA) is 56.1 Å². The normalized spacial score (nSPS) is 14.3. The van der Waals surface area contributed by atoms with E-state index >= 15 is 0 Å². The van der Waals surface area contributed by atoms with Crippen molar-refractivity contribution in [2.24, 2.45) is 7.05 Å². The maximum absolute atomic E-state index is 11.9. The first-order valence-corrected chi connectivity index (χ1v) is 7.83. The second-order valence-corrected chi connectivity index (χ2v) is 6.59. The first kappa shape index (κ1) is 17.0. The van der Waals surface area contributed by atoms with Gasteiger partial charge in [0.2, 0.25) is 0 Å². The first-order chi connectivity index (χ1) is 9.37. The number of methoxy groups -OCH3 is 1. The molecule has 5 nitrogen and oxygen atoms in total. The summed E-state index contributed by atoms with van der Waals surface area (Å²) in [6, 6.07) is 0.241. The molecular weight excluding hydrogens is 274 g/mol. The monoisotopic (exact) mass is 299 g/mol. The Balaban J connectivity index is 2.44. The van der Waals surface area contributed by atoms with Crippen molar-refractivity contribution in [1.82, 2.24) is 15.1 Å². The zero-order valence-corrected chi connectivity index (χ0v) is 13.8. The van der Waals surface area contributed by atoms with Gasteiger partial charge in [-0.25, -0.2) is 0 Å². The van der Waals surface area contributed by atoms with E-state index < -0.39 is 5.54 Å². The van der Waals surface area contributed by atoms with Gasteiger partial charge in [0.25, 0.3) is 0 Å². The number of hydrogen-bond donors (Lipinski definition) is 1. The molecule has 0 fully saturated rings. The van der Waals surface area contributed by atoms with Gasteiger partial charge in [0.05, 0.1) is 13.3 Å². The molecule has 6 heteroatoms. The molecule has 1 aromatic heterocycles. The lowest BCUT2D eigenvalue weighted by Crippen LogP contribution is -2.53. The minimum Gasteiger partial charge on any atom is -0.468 e. The molecule has 0 spiro atoms. The van der Waals surface area contributed by atoms with Crippen LogP contribution in [0, 0.1) is 0 Å². The Hall–Kier alpha value is -1.01. The van der Waals surface area contributed by atoms with Gasteiger partial charge in [-0.05, 0) is 39.4 Å². The van der Waals surface area contributed by atoms with Gasteiger partial charge in [-0.3, -0.25) is 14.8 Å². The van der Waals surface area contributed by atoms with Gasteiger partial charge in [0, 0.05) is 24.2 Å². The highest BCUT2D eigenvalue weighted by molar-refractivity contribution is 7.99. The highest BCUT2D eigenvalue weighted by Crippen LogP contribution is 2.22. The Morgan fingerprint density at radius 2 is 2.30 bits per heavy atom. The zero-order valence-electron chi connectivity index (χ0n) is 13.0. The highest BCUT2D eigenvalue weighted by atomic mass is 32.2. The number of thioether (sulfide) groups is 1. The summed E-state index contributed by atoms with van der Waals surface area (Å²) in [6.45, 7) is 5.98. The number of aromatic nitrogens is 2. The predicted octanol–water partition coefficient (Wildman–Crippen LogP) is 2.22. The Kier molecular flexibility index (Phi) is 6.55. The number of nitrogens with one attached hydrogen (secondary N) is 1. The predicted molar refractivity (Wildman–Crippen MR) is 81.9 cm³/mol. The molecule has 114 valence electrons. The molecule has 1 N–H and O–H groups in total. The van der Waals surface area contributed by atoms with Crippen LogP contribution in [-0.2, 0) is 16.6 Å². The largest absolute Gasteiger partial charge is 0.468 e. The third-order valence-electron chi connectivity index (χ3n) is 3.01. The van der Waals surface area contributed by atoms with Crippen LogP contribution in [0.1, 0.15) is 33.6 Å². The molecule has 1 aromatic rings. The summed E-state index contributed by atoms with van der Waals surface area (Å²) in [7, 11) is 3.35. The second-order valence-electron chi connectivity index (χ2n) is 5.42. The molecule has 0 saturated heterocycles. The molecule has 0 radical (unpaired) electrons. The fraction of sp³-hybridized carbons (Fsp3) is 0.714. The molecule has 0 aromatic carbocycles. The van der Waals surface area contributed by atoms with E-state index in [0.717, 1.165) is 23.5 Å². The number of carbonyl (C=O) groups is 1. The van der Waals surface area contributed by atoms with Crippen LogP contribution in [0.5, 0.6) is 0 Å². The molecule has 0 saturated carbocycles. The molecule has 0 aliphatic carbocycles. The summed E-state index contributed by atoms with van der Waals surface area (Å²) in [5, 5.41) is 7.44. The standard InChI is InChI=1S/C14H25N3O2S/c1-11(2)16-14(3,13(18)19-5)7-6-8-20-12-9-15-17(4)10-12/h9-11,16H,6-8H2,1-5H3. The van der Waals surface area contributed by atoms with Crippen LogP contribution < -0.4 is 5.32 Å². The van der Waals surface area contributed by atoms with Crippen LogP contribution in [0.25, 0.3) is 0 Å². The molecule has 1 unspecified atom stereocenters. The number of ether oxygens (including phenoxy) is 1. The summed E-state index contributed by atoms with van der Waals surface area (Å²) in [6.07, 6.45) is 5.54. The van der Waals surface area contributed by atoms with E-state index in [0.29, 0.717) is 0 Å². The van der Waals surface area contributed by atoms with Crippen LogP contribution in [-0.4, -0.2) is 40.2 Å². The molecule has 0 aliphatic rings. The van der Waals surface area contributed by atoms with Crippen LogP contribution in [0.4, 0.5) is 0 Å². The number of rotatable bonds is 8. The van der Waals surface area contributed by atoms with Gasteiger partial charge in [-0.1, -0.05) is 0 Å². The van der Waals surface area contributed by atoms with Gasteiger partial charge < -0.3 is 4.74 Å². The number of aryl methyl sites for hydroxylation is 1. The third kappa shape index (κ3) is 5.17. The van der Waals surface area contributed by atoms with E-state index in [9.17, 15) is 4.79 Å². The molecule has 20 heavy (non-hydrogen) atoms. The Labute approximate surface area is 125 Å².